The maximum absolute atomic E-state index is 11.9. The van der Waals surface area contributed by atoms with Crippen molar-refractivity contribution in [2.24, 2.45) is 5.10 Å². The minimum absolute atomic E-state index is 0.0395. The van der Waals surface area contributed by atoms with Crippen molar-refractivity contribution in [1.29, 1.82) is 0 Å². The molecule has 1 heterocycles. The van der Waals surface area contributed by atoms with Gasteiger partial charge in [0.25, 0.3) is 0 Å². The van der Waals surface area contributed by atoms with Crippen LogP contribution in [0.1, 0.15) is 32.4 Å². The lowest BCUT2D eigenvalue weighted by molar-refractivity contribution is -0.124. The van der Waals surface area contributed by atoms with Crippen molar-refractivity contribution < 1.29 is 18.7 Å². The number of carbonyl (C=O) groups excluding carboxylic acids is 2. The van der Waals surface area contributed by atoms with Crippen LogP contribution < -0.4 is 15.5 Å². The van der Waals surface area contributed by atoms with Gasteiger partial charge in [0.15, 0.2) is 0 Å². The fourth-order valence-electron chi connectivity index (χ4n) is 1.99. The number of amides is 2. The minimum atomic E-state index is -0.340. The summed E-state index contributed by atoms with van der Waals surface area (Å²) in [4.78, 5) is 23.6. The van der Waals surface area contributed by atoms with Crippen LogP contribution in [0.3, 0.4) is 0 Å². The van der Waals surface area contributed by atoms with Gasteiger partial charge in [0.1, 0.15) is 17.2 Å². The fraction of sp³-hybridized carbons (Fsp3) is 0.278. The molecular formula is C18H21N3O4. The van der Waals surface area contributed by atoms with Gasteiger partial charge >= 0.3 is 0 Å². The fourth-order valence-corrected chi connectivity index (χ4v) is 1.99. The predicted molar refractivity (Wildman–Crippen MR) is 94.5 cm³/mol. The Morgan fingerprint density at radius 2 is 1.84 bits per heavy atom. The summed E-state index contributed by atoms with van der Waals surface area (Å²) in [6.07, 6.45) is 1.63. The molecule has 0 aliphatic heterocycles. The topological polar surface area (TPSA) is 92.9 Å². The lowest BCUT2D eigenvalue weighted by atomic mass is 10.2. The molecule has 2 rings (SSSR count). The molecule has 0 atom stereocenters. The van der Waals surface area contributed by atoms with E-state index in [1.54, 1.807) is 43.3 Å². The monoisotopic (exact) mass is 343 g/mol. The number of furan rings is 1. The smallest absolute Gasteiger partial charge is 0.240 e. The molecule has 2 amide bonds. The van der Waals surface area contributed by atoms with E-state index in [9.17, 15) is 9.59 Å². The normalized spacial score (nSPS) is 11.0. The number of rotatable bonds is 8. The molecule has 0 saturated heterocycles. The highest BCUT2D eigenvalue weighted by molar-refractivity contribution is 5.97. The van der Waals surface area contributed by atoms with Gasteiger partial charge in [0.2, 0.25) is 11.8 Å². The number of nitrogens with one attached hydrogen (secondary N) is 2. The average molecular weight is 343 g/mol. The summed E-state index contributed by atoms with van der Waals surface area (Å²) in [5.74, 6) is 0.733. The molecule has 0 radical (unpaired) electrons. The summed E-state index contributed by atoms with van der Waals surface area (Å²) in [6, 6.07) is 10.5. The molecule has 0 bridgehead atoms. The number of carbonyl (C=O) groups is 2. The zero-order chi connectivity index (χ0) is 18.1. The lowest BCUT2D eigenvalue weighted by Crippen LogP contribution is -2.21. The average Bonchev–Trinajstić information content (AvgIpc) is 3.14. The molecule has 0 spiro atoms. The van der Waals surface area contributed by atoms with Crippen molar-refractivity contribution in [2.45, 2.75) is 26.7 Å². The second-order valence-electron chi connectivity index (χ2n) is 5.22. The summed E-state index contributed by atoms with van der Waals surface area (Å²) >= 11 is 0. The Balaban J connectivity index is 1.73. The highest BCUT2D eigenvalue weighted by Gasteiger charge is 2.08. The van der Waals surface area contributed by atoms with Gasteiger partial charge in [-0.3, -0.25) is 9.59 Å². The van der Waals surface area contributed by atoms with Gasteiger partial charge in [-0.25, -0.2) is 5.43 Å². The van der Waals surface area contributed by atoms with Crippen molar-refractivity contribution in [3.05, 3.63) is 48.4 Å². The van der Waals surface area contributed by atoms with Crippen LogP contribution in [0.5, 0.6) is 5.75 Å². The third-order valence-electron chi connectivity index (χ3n) is 3.25. The maximum atomic E-state index is 11.9. The van der Waals surface area contributed by atoms with Gasteiger partial charge in [-0.2, -0.15) is 5.10 Å². The Bertz CT molecular complexity index is 721. The van der Waals surface area contributed by atoms with Crippen LogP contribution in [-0.2, 0) is 9.59 Å². The zero-order valence-electron chi connectivity index (χ0n) is 14.2. The van der Waals surface area contributed by atoms with Crippen molar-refractivity contribution in [3.63, 3.8) is 0 Å². The molecule has 7 heteroatoms. The molecule has 25 heavy (non-hydrogen) atoms. The molecule has 0 unspecified atom stereocenters. The summed E-state index contributed by atoms with van der Waals surface area (Å²) < 4.78 is 10.5. The molecule has 0 aliphatic rings. The van der Waals surface area contributed by atoms with Crippen molar-refractivity contribution in [2.75, 3.05) is 11.9 Å². The van der Waals surface area contributed by atoms with Crippen LogP contribution in [0, 0.1) is 0 Å². The highest BCUT2D eigenvalue weighted by Crippen LogP contribution is 2.15. The third-order valence-corrected chi connectivity index (χ3v) is 3.25. The maximum Gasteiger partial charge on any atom is 0.240 e. The van der Waals surface area contributed by atoms with Crippen molar-refractivity contribution in [3.8, 4) is 5.75 Å². The van der Waals surface area contributed by atoms with Gasteiger partial charge in [-0.1, -0.05) is 0 Å². The van der Waals surface area contributed by atoms with E-state index in [4.69, 9.17) is 9.15 Å². The molecule has 1 aromatic carbocycles. The van der Waals surface area contributed by atoms with Gasteiger partial charge < -0.3 is 14.5 Å². The molecule has 1 aromatic heterocycles. The Kier molecular flexibility index (Phi) is 6.76. The number of ether oxygens (including phenoxy) is 1. The Labute approximate surface area is 146 Å². The van der Waals surface area contributed by atoms with Crippen molar-refractivity contribution >= 4 is 23.2 Å². The number of anilines is 1. The van der Waals surface area contributed by atoms with E-state index in [0.29, 0.717) is 23.8 Å². The summed E-state index contributed by atoms with van der Waals surface area (Å²) in [5.41, 5.74) is 3.61. The summed E-state index contributed by atoms with van der Waals surface area (Å²) in [7, 11) is 0. The van der Waals surface area contributed by atoms with E-state index in [1.165, 1.54) is 6.26 Å². The van der Waals surface area contributed by atoms with E-state index >= 15 is 0 Å². The van der Waals surface area contributed by atoms with Crippen molar-refractivity contribution in [1.82, 2.24) is 5.43 Å². The first kappa shape index (κ1) is 18.3. The molecule has 0 saturated carbocycles. The second-order valence-corrected chi connectivity index (χ2v) is 5.22. The molecule has 0 fully saturated rings. The molecule has 132 valence electrons. The number of nitrogens with zero attached hydrogens (tertiary/aromatic N) is 1. The summed E-state index contributed by atoms with van der Waals surface area (Å²) in [5, 5.41) is 6.66. The highest BCUT2D eigenvalue weighted by atomic mass is 16.5. The second kappa shape index (κ2) is 9.27. The number of hydrogen-bond donors (Lipinski definition) is 2. The van der Waals surface area contributed by atoms with E-state index in [2.05, 4.69) is 15.8 Å². The van der Waals surface area contributed by atoms with Crippen LogP contribution in [0.4, 0.5) is 5.69 Å². The number of hydrogen-bond acceptors (Lipinski definition) is 5. The zero-order valence-corrected chi connectivity index (χ0v) is 14.2. The van der Waals surface area contributed by atoms with Crippen LogP contribution in [-0.4, -0.2) is 24.1 Å². The lowest BCUT2D eigenvalue weighted by Gasteiger charge is -2.07. The third kappa shape index (κ3) is 6.14. The first-order chi connectivity index (χ1) is 12.1. The summed E-state index contributed by atoms with van der Waals surface area (Å²) in [6.45, 7) is 4.21. The van der Waals surface area contributed by atoms with Crippen LogP contribution >= 0.6 is 0 Å². The SMILES string of the molecule is CCOc1ccc(NC(=O)CCC(=O)NN=C(C)c2ccco2)cc1. The Morgan fingerprint density at radius 1 is 1.12 bits per heavy atom. The largest absolute Gasteiger partial charge is 0.494 e. The molecule has 7 nitrogen and oxygen atoms in total. The van der Waals surface area contributed by atoms with Crippen LogP contribution in [0.2, 0.25) is 0 Å². The molecule has 2 aromatic rings. The Morgan fingerprint density at radius 3 is 2.48 bits per heavy atom. The number of hydrazone groups is 1. The van der Waals surface area contributed by atoms with Gasteiger partial charge in [-0.05, 0) is 50.2 Å². The van der Waals surface area contributed by atoms with Gasteiger partial charge in [0.05, 0.1) is 12.9 Å². The molecule has 0 aliphatic carbocycles. The predicted octanol–water partition coefficient (Wildman–Crippen LogP) is 2.94. The number of benzene rings is 1. The van der Waals surface area contributed by atoms with Crippen LogP contribution in [0.15, 0.2) is 52.2 Å². The van der Waals surface area contributed by atoms with E-state index in [0.717, 1.165) is 5.75 Å². The first-order valence-corrected chi connectivity index (χ1v) is 7.98. The van der Waals surface area contributed by atoms with E-state index < -0.39 is 0 Å². The Hall–Kier alpha value is -3.09. The standard InChI is InChI=1S/C18H21N3O4/c1-3-24-15-8-6-14(7-9-15)19-17(22)10-11-18(23)21-20-13(2)16-5-4-12-25-16/h4-9,12H,3,10-11H2,1-2H3,(H,19,22)(H,21,23). The van der Waals surface area contributed by atoms with E-state index in [-0.39, 0.29) is 24.7 Å². The van der Waals surface area contributed by atoms with Gasteiger partial charge in [-0.15, -0.1) is 0 Å². The minimum Gasteiger partial charge on any atom is -0.494 e. The quantitative estimate of drug-likeness (QED) is 0.569. The molecule has 2 N–H and O–H groups in total. The van der Waals surface area contributed by atoms with E-state index in [1.807, 2.05) is 6.92 Å². The van der Waals surface area contributed by atoms with Crippen LogP contribution in [0.25, 0.3) is 0 Å². The van der Waals surface area contributed by atoms with Gasteiger partial charge in [0, 0.05) is 18.5 Å². The first-order valence-electron chi connectivity index (χ1n) is 7.98. The molecular weight excluding hydrogens is 322 g/mol.